The summed E-state index contributed by atoms with van der Waals surface area (Å²) in [6.45, 7) is 15.1. The molecule has 0 saturated heterocycles. The molecule has 2 heterocycles. The zero-order chi connectivity index (χ0) is 23.2. The van der Waals surface area contributed by atoms with Crippen LogP contribution in [0.25, 0.3) is 33.5 Å². The Morgan fingerprint density at radius 2 is 1.38 bits per heavy atom. The van der Waals surface area contributed by atoms with Crippen molar-refractivity contribution in [2.75, 3.05) is 0 Å². The van der Waals surface area contributed by atoms with Gasteiger partial charge in [-0.05, 0) is 44.0 Å². The number of hydrogen-bond acceptors (Lipinski definition) is 3. The highest BCUT2D eigenvalue weighted by atomic mass is 15.0. The van der Waals surface area contributed by atoms with Crippen molar-refractivity contribution in [1.29, 1.82) is 0 Å². The fourth-order valence-corrected chi connectivity index (χ4v) is 4.23. The van der Waals surface area contributed by atoms with E-state index in [0.717, 1.165) is 33.9 Å². The maximum Gasteiger partial charge on any atom is 0.213 e. The van der Waals surface area contributed by atoms with Crippen molar-refractivity contribution in [1.82, 2.24) is 15.0 Å². The number of nitrogens with zero attached hydrogens (tertiary/aromatic N) is 4. The third kappa shape index (κ3) is 3.90. The van der Waals surface area contributed by atoms with E-state index >= 15 is 0 Å². The van der Waals surface area contributed by atoms with Gasteiger partial charge in [0, 0.05) is 35.1 Å². The highest BCUT2D eigenvalue weighted by molar-refractivity contribution is 5.92. The van der Waals surface area contributed by atoms with Crippen LogP contribution in [0.4, 0.5) is 0 Å². The van der Waals surface area contributed by atoms with Crippen LogP contribution in [0, 0.1) is 20.8 Å². The lowest BCUT2D eigenvalue weighted by molar-refractivity contribution is -0.633. The first-order valence-electron chi connectivity index (χ1n) is 11.4. The van der Waals surface area contributed by atoms with Crippen LogP contribution in [-0.4, -0.2) is 15.0 Å². The van der Waals surface area contributed by atoms with Crippen molar-refractivity contribution in [2.45, 2.75) is 60.3 Å². The fraction of sp³-hybridized carbons (Fsp3) is 0.357. The Morgan fingerprint density at radius 3 is 2.00 bits per heavy atom. The molecule has 2 aromatic carbocycles. The molecule has 2 aromatic heterocycles. The summed E-state index contributed by atoms with van der Waals surface area (Å²) in [7, 11) is 2.14. The highest BCUT2D eigenvalue weighted by Gasteiger charge is 2.23. The Balaban J connectivity index is 2.09. The van der Waals surface area contributed by atoms with Crippen molar-refractivity contribution in [2.24, 2.45) is 7.05 Å². The minimum Gasteiger partial charge on any atom is -0.217 e. The molecule has 164 valence electrons. The fourth-order valence-electron chi connectivity index (χ4n) is 4.23. The lowest BCUT2D eigenvalue weighted by atomic mass is 9.95. The zero-order valence-electron chi connectivity index (χ0n) is 20.5. The molecule has 0 fully saturated rings. The van der Waals surface area contributed by atoms with Gasteiger partial charge in [-0.15, -0.1) is 0 Å². The molecule has 0 aliphatic heterocycles. The van der Waals surface area contributed by atoms with E-state index in [1.54, 1.807) is 0 Å². The van der Waals surface area contributed by atoms with Crippen molar-refractivity contribution < 1.29 is 4.57 Å². The summed E-state index contributed by atoms with van der Waals surface area (Å²) < 4.78 is 2.29. The molecule has 0 amide bonds. The van der Waals surface area contributed by atoms with E-state index < -0.39 is 0 Å². The second kappa shape index (κ2) is 8.42. The molecule has 4 heteroatoms. The Kier molecular flexibility index (Phi) is 5.81. The average Bonchev–Trinajstić information content (AvgIpc) is 2.76. The number of aryl methyl sites for hydroxylation is 3. The first kappa shape index (κ1) is 22.1. The van der Waals surface area contributed by atoms with Gasteiger partial charge in [0.05, 0.1) is 5.39 Å². The van der Waals surface area contributed by atoms with Crippen molar-refractivity contribution in [3.05, 3.63) is 70.8 Å². The average molecular weight is 426 g/mol. The van der Waals surface area contributed by atoms with Crippen LogP contribution in [0.2, 0.25) is 0 Å². The second-order valence-corrected chi connectivity index (χ2v) is 9.46. The molecule has 0 aliphatic carbocycles. The van der Waals surface area contributed by atoms with E-state index in [1.807, 2.05) is 0 Å². The Morgan fingerprint density at radius 1 is 0.750 bits per heavy atom. The molecule has 0 unspecified atom stereocenters. The first-order valence-corrected chi connectivity index (χ1v) is 11.4. The molecular formula is C28H33N4+. The van der Waals surface area contributed by atoms with Crippen LogP contribution in [0.3, 0.4) is 0 Å². The Labute approximate surface area is 191 Å². The van der Waals surface area contributed by atoms with Gasteiger partial charge in [-0.2, -0.15) is 4.57 Å². The van der Waals surface area contributed by atoms with Gasteiger partial charge in [-0.25, -0.2) is 15.0 Å². The largest absolute Gasteiger partial charge is 0.217 e. The predicted octanol–water partition coefficient (Wildman–Crippen LogP) is 6.36. The van der Waals surface area contributed by atoms with Gasteiger partial charge in [0.25, 0.3) is 0 Å². The molecule has 0 N–H and O–H groups in total. The SMILES string of the molecule is Cc1cc(C)c(C)c(-c2cc(-c3nc(C(C)C)nc(C(C)C)n3)c3ccccc3[n+]2C)c1. The second-order valence-electron chi connectivity index (χ2n) is 9.46. The lowest BCUT2D eigenvalue weighted by Crippen LogP contribution is -2.32. The summed E-state index contributed by atoms with van der Waals surface area (Å²) in [4.78, 5) is 14.6. The summed E-state index contributed by atoms with van der Waals surface area (Å²) in [6, 6.07) is 15.3. The van der Waals surface area contributed by atoms with Gasteiger partial charge < -0.3 is 0 Å². The van der Waals surface area contributed by atoms with E-state index in [9.17, 15) is 0 Å². The highest BCUT2D eigenvalue weighted by Crippen LogP contribution is 2.32. The number of hydrogen-bond donors (Lipinski definition) is 0. The van der Waals surface area contributed by atoms with Gasteiger partial charge in [-0.1, -0.05) is 51.5 Å². The van der Waals surface area contributed by atoms with Gasteiger partial charge in [0.15, 0.2) is 5.82 Å². The first-order chi connectivity index (χ1) is 15.2. The number of pyridine rings is 1. The van der Waals surface area contributed by atoms with Crippen LogP contribution < -0.4 is 4.57 Å². The van der Waals surface area contributed by atoms with Gasteiger partial charge in [0.2, 0.25) is 11.2 Å². The van der Waals surface area contributed by atoms with Crippen LogP contribution in [-0.2, 0) is 7.05 Å². The Bertz CT molecular complexity index is 1290. The monoisotopic (exact) mass is 425 g/mol. The molecule has 0 saturated carbocycles. The summed E-state index contributed by atoms with van der Waals surface area (Å²) in [5.41, 5.74) is 8.50. The maximum absolute atomic E-state index is 4.93. The van der Waals surface area contributed by atoms with Crippen LogP contribution in [0.5, 0.6) is 0 Å². The minimum atomic E-state index is 0.237. The van der Waals surface area contributed by atoms with Crippen LogP contribution in [0.15, 0.2) is 42.5 Å². The molecule has 0 spiro atoms. The molecule has 4 nitrogen and oxygen atoms in total. The molecule has 4 aromatic rings. The quantitative estimate of drug-likeness (QED) is 0.358. The van der Waals surface area contributed by atoms with E-state index in [2.05, 4.69) is 103 Å². The summed E-state index contributed by atoms with van der Waals surface area (Å²) in [6.07, 6.45) is 0. The van der Waals surface area contributed by atoms with Gasteiger partial charge >= 0.3 is 0 Å². The molecular weight excluding hydrogens is 392 g/mol. The van der Waals surface area contributed by atoms with E-state index in [4.69, 9.17) is 15.0 Å². The number of aromatic nitrogens is 4. The van der Waals surface area contributed by atoms with Gasteiger partial charge in [0.1, 0.15) is 18.7 Å². The molecule has 0 atom stereocenters. The van der Waals surface area contributed by atoms with Crippen LogP contribution in [0.1, 0.15) is 67.9 Å². The van der Waals surface area contributed by atoms with Crippen molar-refractivity contribution in [3.63, 3.8) is 0 Å². The topological polar surface area (TPSA) is 42.6 Å². The van der Waals surface area contributed by atoms with E-state index in [-0.39, 0.29) is 11.8 Å². The molecule has 0 bridgehead atoms. The molecule has 4 rings (SSSR count). The normalized spacial score (nSPS) is 11.7. The molecule has 32 heavy (non-hydrogen) atoms. The van der Waals surface area contributed by atoms with E-state index in [1.165, 1.54) is 27.9 Å². The summed E-state index contributed by atoms with van der Waals surface area (Å²) in [5.74, 6) is 2.93. The molecule has 0 aliphatic rings. The predicted molar refractivity (Wildman–Crippen MR) is 132 cm³/mol. The Hall–Kier alpha value is -3.14. The maximum atomic E-state index is 4.93. The third-order valence-electron chi connectivity index (χ3n) is 6.23. The lowest BCUT2D eigenvalue weighted by Gasteiger charge is -2.14. The zero-order valence-corrected chi connectivity index (χ0v) is 20.5. The third-order valence-corrected chi connectivity index (χ3v) is 6.23. The summed E-state index contributed by atoms with van der Waals surface area (Å²) in [5, 5.41) is 1.15. The van der Waals surface area contributed by atoms with Crippen molar-refractivity contribution >= 4 is 10.9 Å². The standard InChI is InChI=1S/C28H33N4/c1-16(2)26-29-27(17(3)4)31-28(30-26)23-15-25(22-14-18(5)13-19(6)20(22)7)32(8)24-12-10-9-11-21(23)24/h9-17H,1-8H3/q+1. The number of benzene rings is 2. The summed E-state index contributed by atoms with van der Waals surface area (Å²) >= 11 is 0. The van der Waals surface area contributed by atoms with Gasteiger partial charge in [-0.3, -0.25) is 0 Å². The number of para-hydroxylation sites is 1. The van der Waals surface area contributed by atoms with Crippen LogP contribution >= 0.6 is 0 Å². The smallest absolute Gasteiger partial charge is 0.213 e. The number of rotatable bonds is 4. The van der Waals surface area contributed by atoms with Crippen molar-refractivity contribution in [3.8, 4) is 22.6 Å². The number of fused-ring (bicyclic) bond motifs is 1. The van der Waals surface area contributed by atoms with E-state index in [0.29, 0.717) is 0 Å². The minimum absolute atomic E-state index is 0.237. The molecule has 0 radical (unpaired) electrons.